The van der Waals surface area contributed by atoms with Gasteiger partial charge in [0.05, 0.1) is 15.7 Å². The maximum absolute atomic E-state index is 12.5. The molecule has 1 unspecified atom stereocenters. The second-order valence-electron chi connectivity index (χ2n) is 9.23. The summed E-state index contributed by atoms with van der Waals surface area (Å²) in [5.74, 6) is 0.653. The van der Waals surface area contributed by atoms with Gasteiger partial charge in [-0.15, -0.1) is 0 Å². The first-order valence-electron chi connectivity index (χ1n) is 11.7. The van der Waals surface area contributed by atoms with Crippen LogP contribution in [0.2, 0.25) is 10.0 Å². The van der Waals surface area contributed by atoms with Crippen LogP contribution in [0, 0.1) is 5.92 Å². The van der Waals surface area contributed by atoms with Crippen molar-refractivity contribution in [2.75, 3.05) is 31.1 Å². The minimum Gasteiger partial charge on any atom is -0.365 e. The molecule has 0 bridgehead atoms. The molecule has 0 amide bonds. The van der Waals surface area contributed by atoms with Gasteiger partial charge in [-0.25, -0.2) is 13.1 Å². The quantitative estimate of drug-likeness (QED) is 0.577. The van der Waals surface area contributed by atoms with Crippen molar-refractivity contribution >= 4 is 38.9 Å². The summed E-state index contributed by atoms with van der Waals surface area (Å²) in [6.45, 7) is 6.27. The van der Waals surface area contributed by atoms with E-state index in [1.165, 1.54) is 6.20 Å². The molecule has 6 nitrogen and oxygen atoms in total. The van der Waals surface area contributed by atoms with E-state index in [-0.39, 0.29) is 10.9 Å². The molecule has 2 aliphatic rings. The Labute approximate surface area is 207 Å². The van der Waals surface area contributed by atoms with Gasteiger partial charge in [0.15, 0.2) is 0 Å². The monoisotopic (exact) mass is 510 g/mol. The molecule has 1 aliphatic heterocycles. The highest BCUT2D eigenvalue weighted by molar-refractivity contribution is 7.89. The minimum absolute atomic E-state index is 0.0115. The summed E-state index contributed by atoms with van der Waals surface area (Å²) in [6.07, 6.45) is 8.05. The lowest BCUT2D eigenvalue weighted by molar-refractivity contribution is 0.197. The van der Waals surface area contributed by atoms with Gasteiger partial charge in [0.25, 0.3) is 0 Å². The van der Waals surface area contributed by atoms with Gasteiger partial charge in [-0.05, 0) is 75.8 Å². The van der Waals surface area contributed by atoms with Crippen LogP contribution in [0.4, 0.5) is 5.69 Å². The molecule has 1 aromatic heterocycles. The molecule has 1 N–H and O–H groups in total. The Kier molecular flexibility index (Phi) is 8.18. The standard InChI is InChI=1S/C24H32Cl2N4O2S/c1-18-17-29(14-15-30(18)23-6-2-5-22(25)24(23)26)13-11-19-7-9-20(10-8-19)28-33(31,32)21-4-3-12-27-16-21/h2-6,12,16,18-20,28H,7-11,13-15,17H2,1H3. The van der Waals surface area contributed by atoms with E-state index in [0.29, 0.717) is 22.0 Å². The molecule has 1 aliphatic carbocycles. The number of piperazine rings is 1. The number of nitrogens with one attached hydrogen (secondary N) is 1. The predicted molar refractivity (Wildman–Crippen MR) is 135 cm³/mol. The van der Waals surface area contributed by atoms with Gasteiger partial charge in [-0.2, -0.15) is 0 Å². The van der Waals surface area contributed by atoms with Crippen LogP contribution in [-0.4, -0.2) is 56.6 Å². The van der Waals surface area contributed by atoms with Crippen molar-refractivity contribution in [2.45, 2.75) is 56.0 Å². The second kappa shape index (κ2) is 10.9. The first-order valence-corrected chi connectivity index (χ1v) is 13.9. The summed E-state index contributed by atoms with van der Waals surface area (Å²) in [4.78, 5) is 9.05. The zero-order valence-electron chi connectivity index (χ0n) is 19.0. The van der Waals surface area contributed by atoms with E-state index < -0.39 is 10.0 Å². The third-order valence-corrected chi connectivity index (χ3v) is 9.23. The normalized spacial score (nSPS) is 24.7. The highest BCUT2D eigenvalue weighted by atomic mass is 35.5. The number of nitrogens with zero attached hydrogens (tertiary/aromatic N) is 3. The van der Waals surface area contributed by atoms with E-state index in [0.717, 1.165) is 64.0 Å². The molecule has 180 valence electrons. The number of aromatic nitrogens is 1. The van der Waals surface area contributed by atoms with Crippen molar-refractivity contribution in [2.24, 2.45) is 5.92 Å². The van der Waals surface area contributed by atoms with Crippen LogP contribution < -0.4 is 9.62 Å². The van der Waals surface area contributed by atoms with Crippen molar-refractivity contribution in [3.63, 3.8) is 0 Å². The first kappa shape index (κ1) is 24.7. The Morgan fingerprint density at radius 1 is 1.09 bits per heavy atom. The van der Waals surface area contributed by atoms with Crippen molar-refractivity contribution < 1.29 is 8.42 Å². The molecule has 0 spiro atoms. The van der Waals surface area contributed by atoms with E-state index in [9.17, 15) is 8.42 Å². The first-order chi connectivity index (χ1) is 15.8. The summed E-state index contributed by atoms with van der Waals surface area (Å²) >= 11 is 12.7. The molecule has 4 rings (SSSR count). The molecule has 1 atom stereocenters. The fraction of sp³-hybridized carbons (Fsp3) is 0.542. The van der Waals surface area contributed by atoms with Crippen molar-refractivity contribution in [1.29, 1.82) is 0 Å². The SMILES string of the molecule is CC1CN(CCC2CCC(NS(=O)(=O)c3cccnc3)CC2)CCN1c1cccc(Cl)c1Cl. The molecule has 9 heteroatoms. The predicted octanol–water partition coefficient (Wildman–Crippen LogP) is 4.83. The van der Waals surface area contributed by atoms with Crippen LogP contribution in [0.5, 0.6) is 0 Å². The molecule has 1 saturated carbocycles. The number of sulfonamides is 1. The van der Waals surface area contributed by atoms with E-state index in [2.05, 4.69) is 26.4 Å². The Hall–Kier alpha value is -1.38. The summed E-state index contributed by atoms with van der Waals surface area (Å²) in [7, 11) is -3.49. The molecular weight excluding hydrogens is 479 g/mol. The molecule has 2 aromatic rings. The van der Waals surface area contributed by atoms with Gasteiger partial charge in [-0.1, -0.05) is 29.3 Å². The lowest BCUT2D eigenvalue weighted by atomic mass is 9.84. The van der Waals surface area contributed by atoms with Gasteiger partial charge in [0.2, 0.25) is 10.0 Å². The van der Waals surface area contributed by atoms with Gasteiger partial charge in [0, 0.05) is 44.1 Å². The van der Waals surface area contributed by atoms with Crippen LogP contribution in [0.1, 0.15) is 39.0 Å². The average Bonchev–Trinajstić information content (AvgIpc) is 2.81. The van der Waals surface area contributed by atoms with Crippen LogP contribution in [0.3, 0.4) is 0 Å². The summed E-state index contributed by atoms with van der Waals surface area (Å²) in [5, 5.41) is 1.23. The smallest absolute Gasteiger partial charge is 0.242 e. The number of benzene rings is 1. The molecule has 0 radical (unpaired) electrons. The highest BCUT2D eigenvalue weighted by Crippen LogP contribution is 2.34. The van der Waals surface area contributed by atoms with Crippen molar-refractivity contribution in [3.8, 4) is 0 Å². The Morgan fingerprint density at radius 3 is 2.58 bits per heavy atom. The fourth-order valence-corrected chi connectivity index (χ4v) is 6.71. The van der Waals surface area contributed by atoms with Crippen molar-refractivity contribution in [3.05, 3.63) is 52.8 Å². The van der Waals surface area contributed by atoms with E-state index in [1.54, 1.807) is 18.3 Å². The molecule has 1 saturated heterocycles. The van der Waals surface area contributed by atoms with Crippen LogP contribution in [-0.2, 0) is 10.0 Å². The van der Waals surface area contributed by atoms with Crippen LogP contribution >= 0.6 is 23.2 Å². The number of hydrogen-bond acceptors (Lipinski definition) is 5. The number of pyridine rings is 1. The maximum Gasteiger partial charge on any atom is 0.242 e. The number of hydrogen-bond donors (Lipinski definition) is 1. The fourth-order valence-electron chi connectivity index (χ4n) is 5.04. The van der Waals surface area contributed by atoms with Gasteiger partial charge < -0.3 is 4.90 Å². The summed E-state index contributed by atoms with van der Waals surface area (Å²) < 4.78 is 27.9. The van der Waals surface area contributed by atoms with Crippen LogP contribution in [0.15, 0.2) is 47.6 Å². The third kappa shape index (κ3) is 6.20. The summed E-state index contributed by atoms with van der Waals surface area (Å²) in [5.41, 5.74) is 1.02. The molecule has 2 fully saturated rings. The summed E-state index contributed by atoms with van der Waals surface area (Å²) in [6, 6.07) is 9.44. The zero-order chi connectivity index (χ0) is 23.4. The zero-order valence-corrected chi connectivity index (χ0v) is 21.3. The average molecular weight is 512 g/mol. The lowest BCUT2D eigenvalue weighted by Crippen LogP contribution is -2.52. The second-order valence-corrected chi connectivity index (χ2v) is 11.7. The Bertz CT molecular complexity index is 1030. The van der Waals surface area contributed by atoms with Gasteiger partial charge >= 0.3 is 0 Å². The molecular formula is C24H32Cl2N4O2S. The molecule has 1 aromatic carbocycles. The maximum atomic E-state index is 12.5. The number of rotatable bonds is 7. The topological polar surface area (TPSA) is 65.5 Å². The Balaban J connectivity index is 1.21. The van der Waals surface area contributed by atoms with E-state index >= 15 is 0 Å². The van der Waals surface area contributed by atoms with Crippen LogP contribution in [0.25, 0.3) is 0 Å². The number of halogens is 2. The van der Waals surface area contributed by atoms with Gasteiger partial charge in [-0.3, -0.25) is 9.88 Å². The largest absolute Gasteiger partial charge is 0.365 e. The third-order valence-electron chi connectivity index (χ3n) is 6.92. The van der Waals surface area contributed by atoms with E-state index in [4.69, 9.17) is 23.2 Å². The van der Waals surface area contributed by atoms with E-state index in [1.807, 2.05) is 18.2 Å². The Morgan fingerprint density at radius 2 is 1.88 bits per heavy atom. The molecule has 33 heavy (non-hydrogen) atoms. The number of anilines is 1. The minimum atomic E-state index is -3.49. The van der Waals surface area contributed by atoms with Gasteiger partial charge in [0.1, 0.15) is 4.90 Å². The molecule has 2 heterocycles. The lowest BCUT2D eigenvalue weighted by Gasteiger charge is -2.42. The van der Waals surface area contributed by atoms with Crippen molar-refractivity contribution in [1.82, 2.24) is 14.6 Å². The highest BCUT2D eigenvalue weighted by Gasteiger charge is 2.28.